The lowest BCUT2D eigenvalue weighted by Gasteiger charge is -2.06. The summed E-state index contributed by atoms with van der Waals surface area (Å²) < 4.78 is 29.3. The first-order valence-electron chi connectivity index (χ1n) is 12.1. The van der Waals surface area contributed by atoms with Crippen molar-refractivity contribution in [2.24, 2.45) is 0 Å². The van der Waals surface area contributed by atoms with Crippen molar-refractivity contribution in [2.45, 2.75) is 115 Å². The molecule has 6 nitrogen and oxygen atoms in total. The summed E-state index contributed by atoms with van der Waals surface area (Å²) >= 11 is 0. The summed E-state index contributed by atoms with van der Waals surface area (Å²) in [7, 11) is -3.94. The SMILES string of the molecule is CCCCCCCCCCCCCCCCCCOS(=O)(=O)c1cccc([N+](=O)[O-])c1. The number of rotatable bonds is 20. The Labute approximate surface area is 189 Å². The van der Waals surface area contributed by atoms with Gasteiger partial charge in [-0.1, -0.05) is 109 Å². The minimum absolute atomic E-state index is 0.115. The Morgan fingerprint density at radius 2 is 1.23 bits per heavy atom. The number of nitro groups is 1. The van der Waals surface area contributed by atoms with Gasteiger partial charge in [-0.25, -0.2) is 0 Å². The second kappa shape index (κ2) is 17.1. The first-order valence-corrected chi connectivity index (χ1v) is 13.5. The van der Waals surface area contributed by atoms with E-state index >= 15 is 0 Å². The quantitative estimate of drug-likeness (QED) is 0.0876. The van der Waals surface area contributed by atoms with Gasteiger partial charge in [0.1, 0.15) is 4.90 Å². The summed E-state index contributed by atoms with van der Waals surface area (Å²) in [6.07, 6.45) is 20.1. The lowest BCUT2D eigenvalue weighted by Crippen LogP contribution is -2.08. The highest BCUT2D eigenvalue weighted by Crippen LogP contribution is 2.19. The summed E-state index contributed by atoms with van der Waals surface area (Å²) in [5, 5.41) is 10.8. The zero-order valence-electron chi connectivity index (χ0n) is 19.2. The molecule has 0 radical (unpaired) electrons. The molecule has 0 unspecified atom stereocenters. The van der Waals surface area contributed by atoms with Gasteiger partial charge in [0, 0.05) is 12.1 Å². The summed E-state index contributed by atoms with van der Waals surface area (Å²) in [6, 6.07) is 4.95. The van der Waals surface area contributed by atoms with Crippen molar-refractivity contribution in [1.82, 2.24) is 0 Å². The second-order valence-electron chi connectivity index (χ2n) is 8.33. The molecule has 1 aromatic carbocycles. The van der Waals surface area contributed by atoms with Crippen LogP contribution in [0.15, 0.2) is 29.2 Å². The van der Waals surface area contributed by atoms with Crippen LogP contribution in [0.1, 0.15) is 110 Å². The van der Waals surface area contributed by atoms with Gasteiger partial charge in [-0.3, -0.25) is 14.3 Å². The molecule has 1 rings (SSSR count). The van der Waals surface area contributed by atoms with E-state index in [1.165, 1.54) is 102 Å². The van der Waals surface area contributed by atoms with E-state index in [1.54, 1.807) is 0 Å². The third-order valence-electron chi connectivity index (χ3n) is 5.55. The molecule has 7 heteroatoms. The minimum atomic E-state index is -3.94. The molecule has 0 aliphatic carbocycles. The first-order chi connectivity index (χ1) is 15.0. The van der Waals surface area contributed by atoms with Gasteiger partial charge in [-0.2, -0.15) is 8.42 Å². The van der Waals surface area contributed by atoms with Gasteiger partial charge in [-0.05, 0) is 12.5 Å². The van der Waals surface area contributed by atoms with Crippen LogP contribution in [0.25, 0.3) is 0 Å². The molecule has 178 valence electrons. The Hall–Kier alpha value is -1.47. The molecule has 0 heterocycles. The van der Waals surface area contributed by atoms with E-state index in [4.69, 9.17) is 4.18 Å². The van der Waals surface area contributed by atoms with E-state index in [-0.39, 0.29) is 17.2 Å². The average Bonchev–Trinajstić information content (AvgIpc) is 2.76. The van der Waals surface area contributed by atoms with Crippen LogP contribution in [0.2, 0.25) is 0 Å². The second-order valence-corrected chi connectivity index (χ2v) is 9.95. The Kier molecular flexibility index (Phi) is 15.2. The summed E-state index contributed by atoms with van der Waals surface area (Å²) in [4.78, 5) is 9.99. The van der Waals surface area contributed by atoms with Crippen molar-refractivity contribution in [3.05, 3.63) is 34.4 Å². The third kappa shape index (κ3) is 13.5. The summed E-state index contributed by atoms with van der Waals surface area (Å²) in [5.41, 5.74) is -0.257. The maximum absolute atomic E-state index is 12.1. The number of benzene rings is 1. The van der Waals surface area contributed by atoms with Gasteiger partial charge in [0.15, 0.2) is 0 Å². The van der Waals surface area contributed by atoms with E-state index in [0.717, 1.165) is 18.9 Å². The van der Waals surface area contributed by atoms with Crippen LogP contribution in [-0.4, -0.2) is 19.9 Å². The molecule has 0 aliphatic rings. The number of unbranched alkanes of at least 4 members (excludes halogenated alkanes) is 15. The molecular weight excluding hydrogens is 414 g/mol. The molecule has 0 fully saturated rings. The Morgan fingerprint density at radius 3 is 1.68 bits per heavy atom. The molecule has 0 saturated heterocycles. The number of hydrogen-bond acceptors (Lipinski definition) is 5. The highest BCUT2D eigenvalue weighted by Gasteiger charge is 2.18. The lowest BCUT2D eigenvalue weighted by molar-refractivity contribution is -0.385. The van der Waals surface area contributed by atoms with Crippen LogP contribution in [0.4, 0.5) is 5.69 Å². The van der Waals surface area contributed by atoms with Gasteiger partial charge in [-0.15, -0.1) is 0 Å². The van der Waals surface area contributed by atoms with E-state index in [9.17, 15) is 18.5 Å². The summed E-state index contributed by atoms with van der Waals surface area (Å²) in [5.74, 6) is 0. The predicted molar refractivity (Wildman–Crippen MR) is 126 cm³/mol. The Bertz CT molecular complexity index is 706. The smallest absolute Gasteiger partial charge is 0.266 e. The van der Waals surface area contributed by atoms with Crippen molar-refractivity contribution in [3.63, 3.8) is 0 Å². The molecule has 0 amide bonds. The van der Waals surface area contributed by atoms with Gasteiger partial charge < -0.3 is 0 Å². The maximum atomic E-state index is 12.1. The highest BCUT2D eigenvalue weighted by molar-refractivity contribution is 7.86. The van der Waals surface area contributed by atoms with Crippen molar-refractivity contribution >= 4 is 15.8 Å². The van der Waals surface area contributed by atoms with Crippen LogP contribution < -0.4 is 0 Å². The fourth-order valence-electron chi connectivity index (χ4n) is 3.64. The topological polar surface area (TPSA) is 86.5 Å². The molecule has 0 saturated carbocycles. The maximum Gasteiger partial charge on any atom is 0.297 e. The monoisotopic (exact) mass is 455 g/mol. The number of hydrogen-bond donors (Lipinski definition) is 0. The van der Waals surface area contributed by atoms with Crippen molar-refractivity contribution in [1.29, 1.82) is 0 Å². The van der Waals surface area contributed by atoms with Crippen LogP contribution in [0.3, 0.4) is 0 Å². The molecule has 0 N–H and O–H groups in total. The van der Waals surface area contributed by atoms with Gasteiger partial charge in [0.05, 0.1) is 11.5 Å². The van der Waals surface area contributed by atoms with Crippen LogP contribution >= 0.6 is 0 Å². The number of non-ortho nitro benzene ring substituents is 1. The van der Waals surface area contributed by atoms with Crippen LogP contribution in [-0.2, 0) is 14.3 Å². The predicted octanol–water partition coefficient (Wildman–Crippen LogP) is 7.56. The largest absolute Gasteiger partial charge is 0.297 e. The third-order valence-corrected chi connectivity index (χ3v) is 6.86. The standard InChI is InChI=1S/C24H41NO5S/c1-2-3-4-5-6-7-8-9-10-11-12-13-14-15-16-17-21-30-31(28,29)24-20-18-19-23(22-24)25(26)27/h18-20,22H,2-17,21H2,1H3. The molecule has 0 atom stereocenters. The molecule has 0 bridgehead atoms. The van der Waals surface area contributed by atoms with E-state index < -0.39 is 15.0 Å². The van der Waals surface area contributed by atoms with Gasteiger partial charge in [0.25, 0.3) is 15.8 Å². The molecular formula is C24H41NO5S. The molecule has 1 aromatic rings. The molecule has 31 heavy (non-hydrogen) atoms. The van der Waals surface area contributed by atoms with Crippen molar-refractivity contribution < 1.29 is 17.5 Å². The van der Waals surface area contributed by atoms with Gasteiger partial charge in [0.2, 0.25) is 0 Å². The lowest BCUT2D eigenvalue weighted by atomic mass is 10.0. The highest BCUT2D eigenvalue weighted by atomic mass is 32.2. The zero-order valence-corrected chi connectivity index (χ0v) is 20.0. The minimum Gasteiger partial charge on any atom is -0.266 e. The fraction of sp³-hybridized carbons (Fsp3) is 0.750. The van der Waals surface area contributed by atoms with Crippen molar-refractivity contribution in [2.75, 3.05) is 6.61 Å². The fourth-order valence-corrected chi connectivity index (χ4v) is 4.62. The average molecular weight is 456 g/mol. The van der Waals surface area contributed by atoms with Crippen LogP contribution in [0.5, 0.6) is 0 Å². The normalized spacial score (nSPS) is 11.6. The number of nitro benzene ring substituents is 1. The molecule has 0 aromatic heterocycles. The Morgan fingerprint density at radius 1 is 0.774 bits per heavy atom. The molecule has 0 aliphatic heterocycles. The van der Waals surface area contributed by atoms with E-state index in [1.807, 2.05) is 0 Å². The molecule has 0 spiro atoms. The van der Waals surface area contributed by atoms with Crippen molar-refractivity contribution in [3.8, 4) is 0 Å². The first kappa shape index (κ1) is 27.6. The Balaban J connectivity index is 1.95. The zero-order chi connectivity index (χ0) is 22.8. The van der Waals surface area contributed by atoms with E-state index in [0.29, 0.717) is 6.42 Å². The van der Waals surface area contributed by atoms with E-state index in [2.05, 4.69) is 6.92 Å². The summed E-state index contributed by atoms with van der Waals surface area (Å²) in [6.45, 7) is 2.37. The number of nitrogens with zero attached hydrogens (tertiary/aromatic N) is 1. The van der Waals surface area contributed by atoms with Gasteiger partial charge >= 0.3 is 0 Å². The van der Waals surface area contributed by atoms with Crippen LogP contribution in [0, 0.1) is 10.1 Å².